The first kappa shape index (κ1) is 13.7. The molecule has 2 bridgehead atoms. The van der Waals surface area contributed by atoms with Gasteiger partial charge < -0.3 is 0 Å². The van der Waals surface area contributed by atoms with E-state index in [4.69, 9.17) is 0 Å². The molecule has 0 heterocycles. The molecular weight excluding hydrogens is 260 g/mol. The standard InChI is InChI=1S/C19H26O2/c1-10-5-4-6-14-13(10)7-8-19-12(3)15(11(2)18(19)21)9-16(20)17(14)19/h10,12-15,17H,2,4-9H2,1,3H3/t10?,12?,13?,14?,15-,17?,19+/m0/s1. The molecule has 4 rings (SSSR count). The summed E-state index contributed by atoms with van der Waals surface area (Å²) in [4.78, 5) is 25.9. The molecule has 0 aromatic rings. The molecule has 4 aliphatic carbocycles. The van der Waals surface area contributed by atoms with Crippen molar-refractivity contribution in [1.29, 1.82) is 0 Å². The average Bonchev–Trinajstić information content (AvgIpc) is 2.58. The predicted molar refractivity (Wildman–Crippen MR) is 81.6 cm³/mol. The molecule has 2 heteroatoms. The van der Waals surface area contributed by atoms with Gasteiger partial charge in [0.2, 0.25) is 0 Å². The van der Waals surface area contributed by atoms with Gasteiger partial charge in [0, 0.05) is 17.8 Å². The van der Waals surface area contributed by atoms with E-state index in [1.165, 1.54) is 12.8 Å². The van der Waals surface area contributed by atoms with Crippen molar-refractivity contribution >= 4 is 11.6 Å². The third-order valence-corrected chi connectivity index (χ3v) is 7.70. The van der Waals surface area contributed by atoms with Crippen LogP contribution < -0.4 is 0 Å². The SMILES string of the molecule is C=C1C(=O)[C@@]23CCC4C(C)CCCC4C2C(=O)C[C@@H]1C3C. The summed E-state index contributed by atoms with van der Waals surface area (Å²) in [6, 6.07) is 0. The molecule has 0 radical (unpaired) electrons. The molecular formula is C19H26O2. The molecule has 0 amide bonds. The zero-order chi connectivity index (χ0) is 14.9. The van der Waals surface area contributed by atoms with Crippen molar-refractivity contribution in [3.8, 4) is 0 Å². The Labute approximate surface area is 127 Å². The van der Waals surface area contributed by atoms with Crippen molar-refractivity contribution in [1.82, 2.24) is 0 Å². The second-order valence-electron chi connectivity index (χ2n) is 8.21. The van der Waals surface area contributed by atoms with Crippen molar-refractivity contribution in [3.63, 3.8) is 0 Å². The van der Waals surface area contributed by atoms with Gasteiger partial charge in [0.05, 0.1) is 0 Å². The first-order chi connectivity index (χ1) is 9.98. The lowest BCUT2D eigenvalue weighted by Crippen LogP contribution is -2.56. The van der Waals surface area contributed by atoms with Crippen LogP contribution in [0.2, 0.25) is 0 Å². The molecule has 0 saturated heterocycles. The number of hydrogen-bond acceptors (Lipinski definition) is 2. The van der Waals surface area contributed by atoms with Gasteiger partial charge in [0.1, 0.15) is 5.78 Å². The Balaban J connectivity index is 1.82. The maximum atomic E-state index is 13.0. The Hall–Kier alpha value is -0.920. The van der Waals surface area contributed by atoms with Crippen LogP contribution in [0.15, 0.2) is 12.2 Å². The van der Waals surface area contributed by atoms with Gasteiger partial charge in [-0.25, -0.2) is 0 Å². The van der Waals surface area contributed by atoms with Gasteiger partial charge in [0.15, 0.2) is 5.78 Å². The van der Waals surface area contributed by atoms with E-state index in [9.17, 15) is 9.59 Å². The summed E-state index contributed by atoms with van der Waals surface area (Å²) in [7, 11) is 0. The first-order valence-electron chi connectivity index (χ1n) is 8.74. The lowest BCUT2D eigenvalue weighted by Gasteiger charge is -2.55. The van der Waals surface area contributed by atoms with Gasteiger partial charge in [-0.1, -0.05) is 33.3 Å². The van der Waals surface area contributed by atoms with Crippen molar-refractivity contribution in [2.24, 2.45) is 40.9 Å². The van der Waals surface area contributed by atoms with Crippen LogP contribution in [-0.4, -0.2) is 11.6 Å². The molecule has 2 nitrogen and oxygen atoms in total. The maximum Gasteiger partial charge on any atom is 0.165 e. The number of allylic oxidation sites excluding steroid dienone is 1. The van der Waals surface area contributed by atoms with E-state index in [0.717, 1.165) is 30.8 Å². The van der Waals surface area contributed by atoms with Crippen molar-refractivity contribution in [2.75, 3.05) is 0 Å². The fraction of sp³-hybridized carbons (Fsp3) is 0.789. The van der Waals surface area contributed by atoms with Crippen molar-refractivity contribution in [2.45, 2.75) is 52.4 Å². The largest absolute Gasteiger partial charge is 0.299 e. The normalized spacial score (nSPS) is 52.6. The van der Waals surface area contributed by atoms with E-state index in [0.29, 0.717) is 30.0 Å². The van der Waals surface area contributed by atoms with Gasteiger partial charge in [-0.05, 0) is 54.4 Å². The summed E-state index contributed by atoms with van der Waals surface area (Å²) in [6.45, 7) is 8.63. The highest BCUT2D eigenvalue weighted by Gasteiger charge is 2.67. The summed E-state index contributed by atoms with van der Waals surface area (Å²) in [5.74, 6) is 2.98. The number of ketones is 2. The van der Waals surface area contributed by atoms with Crippen LogP contribution in [0.25, 0.3) is 0 Å². The molecule has 0 aromatic carbocycles. The Kier molecular flexibility index (Phi) is 2.81. The quantitative estimate of drug-likeness (QED) is 0.635. The average molecular weight is 286 g/mol. The molecule has 21 heavy (non-hydrogen) atoms. The van der Waals surface area contributed by atoms with E-state index >= 15 is 0 Å². The fourth-order valence-corrected chi connectivity index (χ4v) is 6.65. The smallest absolute Gasteiger partial charge is 0.165 e. The van der Waals surface area contributed by atoms with Gasteiger partial charge in [0.25, 0.3) is 0 Å². The van der Waals surface area contributed by atoms with E-state index in [1.807, 2.05) is 0 Å². The monoisotopic (exact) mass is 286 g/mol. The summed E-state index contributed by atoms with van der Waals surface area (Å²) in [5, 5.41) is 0. The maximum absolute atomic E-state index is 13.0. The van der Waals surface area contributed by atoms with E-state index in [2.05, 4.69) is 20.4 Å². The second-order valence-corrected chi connectivity index (χ2v) is 8.21. The molecule has 0 aliphatic heterocycles. The number of Topliss-reactive ketones (excluding diaryl/α,β-unsaturated/α-hetero) is 2. The van der Waals surface area contributed by atoms with Crippen LogP contribution in [-0.2, 0) is 9.59 Å². The number of carbonyl (C=O) groups excluding carboxylic acids is 2. The first-order valence-corrected chi connectivity index (χ1v) is 8.74. The topological polar surface area (TPSA) is 34.1 Å². The van der Waals surface area contributed by atoms with Gasteiger partial charge in [-0.2, -0.15) is 0 Å². The molecule has 1 spiro atoms. The molecule has 0 N–H and O–H groups in total. The fourth-order valence-electron chi connectivity index (χ4n) is 6.65. The van der Waals surface area contributed by atoms with E-state index in [-0.39, 0.29) is 23.0 Å². The van der Waals surface area contributed by atoms with Crippen molar-refractivity contribution in [3.05, 3.63) is 12.2 Å². The van der Waals surface area contributed by atoms with E-state index in [1.54, 1.807) is 0 Å². The molecule has 4 fully saturated rings. The zero-order valence-electron chi connectivity index (χ0n) is 13.2. The number of carbonyl (C=O) groups is 2. The summed E-state index contributed by atoms with van der Waals surface area (Å²) >= 11 is 0. The van der Waals surface area contributed by atoms with Gasteiger partial charge in [-0.3, -0.25) is 9.59 Å². The van der Waals surface area contributed by atoms with E-state index < -0.39 is 0 Å². The van der Waals surface area contributed by atoms with Crippen LogP contribution in [0.1, 0.15) is 52.4 Å². The number of rotatable bonds is 0. The lowest BCUT2D eigenvalue weighted by atomic mass is 9.47. The number of fused-ring (bicyclic) bond motifs is 3. The minimum atomic E-state index is -0.366. The van der Waals surface area contributed by atoms with Crippen molar-refractivity contribution < 1.29 is 9.59 Å². The highest BCUT2D eigenvalue weighted by Crippen LogP contribution is 2.66. The third-order valence-electron chi connectivity index (χ3n) is 7.70. The Bertz CT molecular complexity index is 534. The minimum Gasteiger partial charge on any atom is -0.299 e. The van der Waals surface area contributed by atoms with Gasteiger partial charge >= 0.3 is 0 Å². The van der Waals surface area contributed by atoms with Gasteiger partial charge in [-0.15, -0.1) is 0 Å². The summed E-state index contributed by atoms with van der Waals surface area (Å²) < 4.78 is 0. The Morgan fingerprint density at radius 3 is 2.62 bits per heavy atom. The third kappa shape index (κ3) is 1.49. The van der Waals surface area contributed by atoms with Crippen LogP contribution in [0.4, 0.5) is 0 Å². The molecule has 0 aromatic heterocycles. The van der Waals surface area contributed by atoms with Crippen LogP contribution >= 0.6 is 0 Å². The lowest BCUT2D eigenvalue weighted by molar-refractivity contribution is -0.157. The molecule has 7 atom stereocenters. The zero-order valence-corrected chi connectivity index (χ0v) is 13.2. The molecule has 5 unspecified atom stereocenters. The van der Waals surface area contributed by atoms with Crippen LogP contribution in [0.5, 0.6) is 0 Å². The van der Waals surface area contributed by atoms with Crippen LogP contribution in [0, 0.1) is 40.9 Å². The Morgan fingerprint density at radius 2 is 1.86 bits per heavy atom. The number of hydrogen-bond donors (Lipinski definition) is 0. The van der Waals surface area contributed by atoms with Crippen LogP contribution in [0.3, 0.4) is 0 Å². The highest BCUT2D eigenvalue weighted by molar-refractivity contribution is 6.08. The minimum absolute atomic E-state index is 0.0111. The molecule has 114 valence electrons. The summed E-state index contributed by atoms with van der Waals surface area (Å²) in [5.41, 5.74) is 0.399. The Morgan fingerprint density at radius 1 is 1.10 bits per heavy atom. The molecule has 4 aliphatic rings. The highest BCUT2D eigenvalue weighted by atomic mass is 16.1. The second kappa shape index (κ2) is 4.30. The predicted octanol–water partition coefficient (Wildman–Crippen LogP) is 3.80. The summed E-state index contributed by atoms with van der Waals surface area (Å²) in [6.07, 6.45) is 6.35. The molecule has 4 saturated carbocycles.